The number of hydrogen-bond acceptors (Lipinski definition) is 3. The van der Waals surface area contributed by atoms with Gasteiger partial charge in [-0.2, -0.15) is 17.4 Å². The maximum absolute atomic E-state index is 12.9. The second-order valence-electron chi connectivity index (χ2n) is 3.97. The van der Waals surface area contributed by atoms with Crippen LogP contribution in [0, 0.1) is 5.82 Å². The molecule has 0 saturated carbocycles. The molecule has 100 valence electrons. The minimum atomic E-state index is -3.51. The van der Waals surface area contributed by atoms with E-state index < -0.39 is 10.2 Å². The van der Waals surface area contributed by atoms with E-state index in [9.17, 15) is 12.8 Å². The molecule has 1 aromatic rings. The molecule has 0 aromatic heterocycles. The van der Waals surface area contributed by atoms with Gasteiger partial charge in [0.25, 0.3) is 10.2 Å². The van der Waals surface area contributed by atoms with Gasteiger partial charge in [-0.15, -0.1) is 0 Å². The van der Waals surface area contributed by atoms with Crippen molar-refractivity contribution in [2.24, 2.45) is 0 Å². The normalized spacial score (nSPS) is 17.8. The first-order valence-corrected chi connectivity index (χ1v) is 7.09. The summed E-state index contributed by atoms with van der Waals surface area (Å²) in [6.07, 6.45) is 0. The summed E-state index contributed by atoms with van der Waals surface area (Å²) in [7, 11) is -3.51. The molecule has 0 atom stereocenters. The highest BCUT2D eigenvalue weighted by Crippen LogP contribution is 2.06. The van der Waals surface area contributed by atoms with Crippen molar-refractivity contribution in [3.05, 3.63) is 35.6 Å². The maximum atomic E-state index is 12.9. The van der Waals surface area contributed by atoms with E-state index in [1.807, 2.05) is 0 Å². The van der Waals surface area contributed by atoms with E-state index in [-0.39, 0.29) is 12.4 Å². The first-order chi connectivity index (χ1) is 8.58. The molecule has 1 saturated heterocycles. The Bertz CT molecular complexity index is 501. The van der Waals surface area contributed by atoms with Gasteiger partial charge in [0.05, 0.1) is 13.2 Å². The quantitative estimate of drug-likeness (QED) is 0.869. The van der Waals surface area contributed by atoms with E-state index in [1.165, 1.54) is 16.4 Å². The van der Waals surface area contributed by atoms with Crippen LogP contribution in [0.4, 0.5) is 4.39 Å². The second kappa shape index (κ2) is 5.75. The Hall–Kier alpha value is -1.02. The van der Waals surface area contributed by atoms with Gasteiger partial charge < -0.3 is 4.74 Å². The molecule has 5 nitrogen and oxygen atoms in total. The van der Waals surface area contributed by atoms with Gasteiger partial charge in [0.2, 0.25) is 0 Å². The highest BCUT2D eigenvalue weighted by molar-refractivity contribution is 7.87. The minimum absolute atomic E-state index is 0.0808. The van der Waals surface area contributed by atoms with E-state index >= 15 is 0 Å². The van der Waals surface area contributed by atoms with Crippen LogP contribution < -0.4 is 4.72 Å². The van der Waals surface area contributed by atoms with Crippen LogP contribution in [-0.4, -0.2) is 39.0 Å². The molecule has 1 N–H and O–H groups in total. The van der Waals surface area contributed by atoms with Crippen LogP contribution in [0.2, 0.25) is 0 Å². The van der Waals surface area contributed by atoms with Crippen molar-refractivity contribution in [1.29, 1.82) is 0 Å². The highest BCUT2D eigenvalue weighted by Gasteiger charge is 2.23. The van der Waals surface area contributed by atoms with Crippen molar-refractivity contribution in [2.45, 2.75) is 6.54 Å². The topological polar surface area (TPSA) is 58.6 Å². The minimum Gasteiger partial charge on any atom is -0.379 e. The van der Waals surface area contributed by atoms with Gasteiger partial charge in [0.15, 0.2) is 0 Å². The molecule has 0 unspecified atom stereocenters. The third kappa shape index (κ3) is 3.49. The number of ether oxygens (including phenoxy) is 1. The summed E-state index contributed by atoms with van der Waals surface area (Å²) in [4.78, 5) is 0. The van der Waals surface area contributed by atoms with Gasteiger partial charge in [-0.3, -0.25) is 0 Å². The standard InChI is InChI=1S/C11H15FN2O3S/c12-11-3-1-2-10(8-11)9-13-18(15,16)14-4-6-17-7-5-14/h1-3,8,13H,4-7,9H2. The van der Waals surface area contributed by atoms with Gasteiger partial charge in [-0.1, -0.05) is 12.1 Å². The smallest absolute Gasteiger partial charge is 0.279 e. The van der Waals surface area contributed by atoms with E-state index in [0.29, 0.717) is 31.9 Å². The van der Waals surface area contributed by atoms with Gasteiger partial charge in [0, 0.05) is 19.6 Å². The van der Waals surface area contributed by atoms with Crippen LogP contribution in [-0.2, 0) is 21.5 Å². The summed E-state index contributed by atoms with van der Waals surface area (Å²) < 4.78 is 45.6. The summed E-state index contributed by atoms with van der Waals surface area (Å²) in [6.45, 7) is 1.58. The van der Waals surface area contributed by atoms with Crippen molar-refractivity contribution in [1.82, 2.24) is 9.03 Å². The van der Waals surface area contributed by atoms with Crippen LogP contribution in [0.25, 0.3) is 0 Å². The molecule has 0 bridgehead atoms. The number of rotatable bonds is 4. The third-order valence-corrected chi connectivity index (χ3v) is 4.21. The molecule has 0 spiro atoms. The summed E-state index contributed by atoms with van der Waals surface area (Å²) in [5.74, 6) is -0.377. The van der Waals surface area contributed by atoms with Gasteiger partial charge in [-0.25, -0.2) is 4.39 Å². The Morgan fingerprint density at radius 2 is 2.06 bits per heavy atom. The second-order valence-corrected chi connectivity index (χ2v) is 5.72. The van der Waals surface area contributed by atoms with Crippen LogP contribution in [0.5, 0.6) is 0 Å². The first kappa shape index (κ1) is 13.4. The van der Waals surface area contributed by atoms with Gasteiger partial charge in [0.1, 0.15) is 5.82 Å². The number of nitrogens with one attached hydrogen (secondary N) is 1. The monoisotopic (exact) mass is 274 g/mol. The number of nitrogens with zero attached hydrogens (tertiary/aromatic N) is 1. The molecule has 0 radical (unpaired) electrons. The summed E-state index contributed by atoms with van der Waals surface area (Å²) >= 11 is 0. The molecule has 0 aliphatic carbocycles. The van der Waals surface area contributed by atoms with E-state index in [4.69, 9.17) is 4.74 Å². The molecule has 2 rings (SSSR count). The molecule has 1 heterocycles. The van der Waals surface area contributed by atoms with Crippen LogP contribution in [0.15, 0.2) is 24.3 Å². The average Bonchev–Trinajstić information content (AvgIpc) is 2.38. The van der Waals surface area contributed by atoms with E-state index in [0.717, 1.165) is 0 Å². The highest BCUT2D eigenvalue weighted by atomic mass is 32.2. The SMILES string of the molecule is O=S(=O)(NCc1cccc(F)c1)N1CCOCC1. The molecular weight excluding hydrogens is 259 g/mol. The Morgan fingerprint density at radius 1 is 1.33 bits per heavy atom. The first-order valence-electron chi connectivity index (χ1n) is 5.65. The van der Waals surface area contributed by atoms with E-state index in [2.05, 4.69) is 4.72 Å². The molecule has 1 fully saturated rings. The predicted octanol–water partition coefficient (Wildman–Crippen LogP) is 0.492. The number of halogens is 1. The van der Waals surface area contributed by atoms with Crippen molar-refractivity contribution in [3.63, 3.8) is 0 Å². The zero-order valence-electron chi connectivity index (χ0n) is 9.80. The molecule has 1 aliphatic rings. The lowest BCUT2D eigenvalue weighted by atomic mass is 10.2. The number of hydrogen-bond donors (Lipinski definition) is 1. The largest absolute Gasteiger partial charge is 0.379 e. The van der Waals surface area contributed by atoms with Crippen molar-refractivity contribution in [2.75, 3.05) is 26.3 Å². The fourth-order valence-corrected chi connectivity index (χ4v) is 2.86. The number of benzene rings is 1. The zero-order valence-corrected chi connectivity index (χ0v) is 10.6. The van der Waals surface area contributed by atoms with Gasteiger partial charge in [-0.05, 0) is 17.7 Å². The van der Waals surface area contributed by atoms with E-state index in [1.54, 1.807) is 12.1 Å². The molecule has 1 aromatic carbocycles. The zero-order chi connectivity index (χ0) is 13.0. The van der Waals surface area contributed by atoms with Gasteiger partial charge >= 0.3 is 0 Å². The fraction of sp³-hybridized carbons (Fsp3) is 0.455. The molecular formula is C11H15FN2O3S. The molecule has 0 amide bonds. The third-order valence-electron chi connectivity index (χ3n) is 2.66. The van der Waals surface area contributed by atoms with Crippen molar-refractivity contribution >= 4 is 10.2 Å². The number of morpholine rings is 1. The average molecular weight is 274 g/mol. The fourth-order valence-electron chi connectivity index (χ4n) is 1.70. The maximum Gasteiger partial charge on any atom is 0.279 e. The molecule has 18 heavy (non-hydrogen) atoms. The Kier molecular flexibility index (Phi) is 4.28. The molecule has 7 heteroatoms. The lowest BCUT2D eigenvalue weighted by Gasteiger charge is -2.26. The Balaban J connectivity index is 1.96. The summed E-state index contributed by atoms with van der Waals surface area (Å²) in [5, 5.41) is 0. The lowest BCUT2D eigenvalue weighted by Crippen LogP contribution is -2.46. The molecule has 1 aliphatic heterocycles. The van der Waals surface area contributed by atoms with Crippen molar-refractivity contribution in [3.8, 4) is 0 Å². The lowest BCUT2D eigenvalue weighted by molar-refractivity contribution is 0.0725. The summed E-state index contributed by atoms with van der Waals surface area (Å²) in [6, 6.07) is 5.85. The Labute approximate surface area is 106 Å². The Morgan fingerprint density at radius 3 is 2.72 bits per heavy atom. The van der Waals surface area contributed by atoms with Crippen molar-refractivity contribution < 1.29 is 17.5 Å². The van der Waals surface area contributed by atoms with Crippen LogP contribution >= 0.6 is 0 Å². The van der Waals surface area contributed by atoms with Crippen LogP contribution in [0.1, 0.15) is 5.56 Å². The predicted molar refractivity (Wildman–Crippen MR) is 64.6 cm³/mol. The van der Waals surface area contributed by atoms with Crippen LogP contribution in [0.3, 0.4) is 0 Å². The summed E-state index contributed by atoms with van der Waals surface area (Å²) in [5.41, 5.74) is 0.590.